The van der Waals surface area contributed by atoms with E-state index < -0.39 is 70.8 Å². The lowest BCUT2D eigenvalue weighted by Crippen LogP contribution is -2.34. The molecule has 9 nitrogen and oxygen atoms in total. The third kappa shape index (κ3) is 7.40. The minimum atomic E-state index is -5.03. The van der Waals surface area contributed by atoms with Crippen molar-refractivity contribution in [3.05, 3.63) is 106 Å². The summed E-state index contributed by atoms with van der Waals surface area (Å²) in [5.41, 5.74) is 3.13. The number of aromatic nitrogens is 3. The molecule has 0 bridgehead atoms. The van der Waals surface area contributed by atoms with E-state index >= 15 is 0 Å². The normalized spacial score (nSPS) is 12.1. The number of pyridine rings is 1. The zero-order chi connectivity index (χ0) is 32.2. The van der Waals surface area contributed by atoms with Crippen molar-refractivity contribution in [2.45, 2.75) is 32.1 Å². The maximum Gasteiger partial charge on any atom is 0.436 e. The van der Waals surface area contributed by atoms with Gasteiger partial charge in [-0.25, -0.2) is 18.0 Å². The smallest absolute Gasteiger partial charge is 0.436 e. The highest BCUT2D eigenvalue weighted by molar-refractivity contribution is 5.94. The van der Waals surface area contributed by atoms with Crippen LogP contribution in [0.2, 0.25) is 0 Å². The van der Waals surface area contributed by atoms with Crippen LogP contribution < -0.4 is 11.1 Å². The Hall–Kier alpha value is -5.21. The molecule has 2 aromatic heterocycles. The van der Waals surface area contributed by atoms with Gasteiger partial charge in [-0.1, -0.05) is 12.1 Å². The zero-order valence-electron chi connectivity index (χ0n) is 22.8. The summed E-state index contributed by atoms with van der Waals surface area (Å²) in [5.74, 6) is -5.93. The lowest BCUT2D eigenvalue weighted by atomic mass is 9.94. The molecule has 1 atom stereocenters. The van der Waals surface area contributed by atoms with Crippen molar-refractivity contribution in [2.24, 2.45) is 5.73 Å². The molecule has 0 aliphatic rings. The van der Waals surface area contributed by atoms with Crippen molar-refractivity contribution >= 4 is 17.8 Å². The molecular formula is C29H23F6N5O4. The van der Waals surface area contributed by atoms with Crippen LogP contribution in [0.15, 0.2) is 60.9 Å². The van der Waals surface area contributed by atoms with E-state index in [4.69, 9.17) is 5.73 Å². The van der Waals surface area contributed by atoms with Crippen LogP contribution in [0.4, 0.5) is 26.3 Å². The molecule has 0 saturated carbocycles. The van der Waals surface area contributed by atoms with E-state index in [-0.39, 0.29) is 35.4 Å². The second kappa shape index (κ2) is 13.0. The molecule has 0 unspecified atom stereocenters. The number of carbonyl (C=O) groups excluding carboxylic acids is 3. The summed E-state index contributed by atoms with van der Waals surface area (Å²) in [7, 11) is 0. The summed E-state index contributed by atoms with van der Waals surface area (Å²) in [6.07, 6.45) is -3.23. The summed E-state index contributed by atoms with van der Waals surface area (Å²) in [6, 6.07) is 8.03. The summed E-state index contributed by atoms with van der Waals surface area (Å²) >= 11 is 0. The molecule has 2 amide bonds. The Morgan fingerprint density at radius 3 is 2.36 bits per heavy atom. The first-order chi connectivity index (χ1) is 20.8. The van der Waals surface area contributed by atoms with Crippen LogP contribution in [0.3, 0.4) is 0 Å². The quantitative estimate of drug-likeness (QED) is 0.195. The molecular weight excluding hydrogens is 596 g/mol. The third-order valence-electron chi connectivity index (χ3n) is 6.24. The topological polar surface area (TPSA) is 129 Å². The number of benzene rings is 2. The number of primary amides is 1. The highest BCUT2D eigenvalue weighted by Gasteiger charge is 2.40. The average Bonchev–Trinajstić information content (AvgIpc) is 3.37. The van der Waals surface area contributed by atoms with Crippen LogP contribution in [0.25, 0.3) is 11.1 Å². The largest absolute Gasteiger partial charge is 0.462 e. The SMILES string of the molecule is CCOC(=O)c1cn(CC(=O)N[C@@H](Cc2cc(F)cc(F)c2)c2ncccc2-c2ccc(F)c(C(N)=O)c2)nc1C(F)(F)F. The molecule has 3 N–H and O–H groups in total. The number of ether oxygens (including phenoxy) is 1. The Balaban J connectivity index is 1.73. The number of halogens is 6. The van der Waals surface area contributed by atoms with E-state index in [2.05, 4.69) is 20.1 Å². The van der Waals surface area contributed by atoms with E-state index in [1.165, 1.54) is 31.3 Å². The van der Waals surface area contributed by atoms with Gasteiger partial charge < -0.3 is 15.8 Å². The van der Waals surface area contributed by atoms with Crippen LogP contribution in [-0.4, -0.2) is 39.2 Å². The van der Waals surface area contributed by atoms with Crippen molar-refractivity contribution < 1.29 is 45.5 Å². The van der Waals surface area contributed by atoms with Gasteiger partial charge >= 0.3 is 12.1 Å². The minimum Gasteiger partial charge on any atom is -0.462 e. The Kier molecular flexibility index (Phi) is 9.35. The second-order valence-corrected chi connectivity index (χ2v) is 9.40. The summed E-state index contributed by atoms with van der Waals surface area (Å²) < 4.78 is 88.1. The molecule has 0 radical (unpaired) electrons. The molecule has 230 valence electrons. The number of rotatable bonds is 10. The van der Waals surface area contributed by atoms with Gasteiger partial charge in [0.15, 0.2) is 5.69 Å². The van der Waals surface area contributed by atoms with Gasteiger partial charge in [0, 0.05) is 24.0 Å². The van der Waals surface area contributed by atoms with Gasteiger partial charge in [-0.2, -0.15) is 18.3 Å². The highest BCUT2D eigenvalue weighted by Crippen LogP contribution is 2.32. The second-order valence-electron chi connectivity index (χ2n) is 9.40. The van der Waals surface area contributed by atoms with E-state index in [1.54, 1.807) is 0 Å². The van der Waals surface area contributed by atoms with E-state index in [0.29, 0.717) is 16.9 Å². The van der Waals surface area contributed by atoms with E-state index in [0.717, 1.165) is 24.3 Å². The molecule has 0 aliphatic heterocycles. The van der Waals surface area contributed by atoms with Gasteiger partial charge in [0.2, 0.25) is 5.91 Å². The fraction of sp³-hybridized carbons (Fsp3) is 0.207. The third-order valence-corrected chi connectivity index (χ3v) is 6.24. The monoisotopic (exact) mass is 619 g/mol. The van der Waals surface area contributed by atoms with Crippen LogP contribution in [0.1, 0.15) is 50.6 Å². The summed E-state index contributed by atoms with van der Waals surface area (Å²) in [4.78, 5) is 41.3. The predicted molar refractivity (Wildman–Crippen MR) is 142 cm³/mol. The molecule has 2 aromatic carbocycles. The summed E-state index contributed by atoms with van der Waals surface area (Å²) in [6.45, 7) is 0.396. The van der Waals surface area contributed by atoms with Gasteiger partial charge in [0.25, 0.3) is 5.91 Å². The van der Waals surface area contributed by atoms with E-state index in [9.17, 15) is 40.7 Å². The van der Waals surface area contributed by atoms with Crippen molar-refractivity contribution in [2.75, 3.05) is 6.61 Å². The number of alkyl halides is 3. The van der Waals surface area contributed by atoms with E-state index in [1.807, 2.05) is 0 Å². The highest BCUT2D eigenvalue weighted by atomic mass is 19.4. The number of nitrogens with two attached hydrogens (primary N) is 1. The number of carbonyl (C=O) groups is 3. The van der Waals surface area contributed by atoms with Crippen LogP contribution in [-0.2, 0) is 28.7 Å². The van der Waals surface area contributed by atoms with Gasteiger partial charge in [0.05, 0.1) is 23.9 Å². The van der Waals surface area contributed by atoms with Crippen molar-refractivity contribution in [1.29, 1.82) is 0 Å². The first-order valence-electron chi connectivity index (χ1n) is 12.9. The Morgan fingerprint density at radius 1 is 1.02 bits per heavy atom. The number of nitrogens with zero attached hydrogens (tertiary/aromatic N) is 3. The number of hydrogen-bond donors (Lipinski definition) is 2. The number of esters is 1. The fourth-order valence-corrected chi connectivity index (χ4v) is 4.46. The molecule has 4 aromatic rings. The maximum absolute atomic E-state index is 14.2. The standard InChI is InChI=1S/C29H23F6N5O4/c1-2-44-28(43)21-13-40(39-26(21)29(33,34)35)14-24(41)38-23(10-15-8-17(30)12-18(31)9-15)25-19(4-3-7-37-25)16-5-6-22(32)20(11-16)27(36)42/h3-9,11-13,23H,2,10,14H2,1H3,(H2,36,42)(H,38,41)/t23-/m0/s1. The number of nitrogens with one attached hydrogen (secondary N) is 1. The first kappa shape index (κ1) is 31.7. The van der Waals surface area contributed by atoms with Crippen molar-refractivity contribution in [1.82, 2.24) is 20.1 Å². The molecule has 0 aliphatic carbocycles. The Labute approximate surface area is 245 Å². The van der Waals surface area contributed by atoms with Crippen molar-refractivity contribution in [3.63, 3.8) is 0 Å². The van der Waals surface area contributed by atoms with Crippen molar-refractivity contribution in [3.8, 4) is 11.1 Å². The molecule has 15 heteroatoms. The molecule has 2 heterocycles. The zero-order valence-corrected chi connectivity index (χ0v) is 22.8. The maximum atomic E-state index is 14.2. The number of amides is 2. The Bertz CT molecular complexity index is 1700. The van der Waals surface area contributed by atoms with Gasteiger partial charge in [0.1, 0.15) is 29.6 Å². The molecule has 0 fully saturated rings. The van der Waals surface area contributed by atoms with Crippen LogP contribution in [0, 0.1) is 17.5 Å². The van der Waals surface area contributed by atoms with Crippen LogP contribution >= 0.6 is 0 Å². The van der Waals surface area contributed by atoms with Gasteiger partial charge in [-0.15, -0.1) is 0 Å². The summed E-state index contributed by atoms with van der Waals surface area (Å²) in [5, 5.41) is 5.93. The lowest BCUT2D eigenvalue weighted by Gasteiger charge is -2.22. The molecule has 0 saturated heterocycles. The predicted octanol–water partition coefficient (Wildman–Crippen LogP) is 4.76. The first-order valence-corrected chi connectivity index (χ1v) is 12.9. The molecule has 4 rings (SSSR count). The average molecular weight is 620 g/mol. The van der Waals surface area contributed by atoms with Crippen LogP contribution in [0.5, 0.6) is 0 Å². The molecule has 44 heavy (non-hydrogen) atoms. The fourth-order valence-electron chi connectivity index (χ4n) is 4.46. The number of hydrogen-bond acceptors (Lipinski definition) is 6. The molecule has 0 spiro atoms. The minimum absolute atomic E-state index is 0.0874. The lowest BCUT2D eigenvalue weighted by molar-refractivity contribution is -0.142. The van der Waals surface area contributed by atoms with Gasteiger partial charge in [-0.3, -0.25) is 19.3 Å². The van der Waals surface area contributed by atoms with Gasteiger partial charge in [-0.05, 0) is 54.8 Å². The Morgan fingerprint density at radius 2 is 1.73 bits per heavy atom.